The Balaban J connectivity index is -0.0000000860. The van der Waals surface area contributed by atoms with Crippen molar-refractivity contribution in [2.75, 3.05) is 0 Å². The molecule has 0 bridgehead atoms. The average molecular weight is 319 g/mol. The van der Waals surface area contributed by atoms with Gasteiger partial charge >= 0.3 is 75.6 Å². The zero-order chi connectivity index (χ0) is 13.1. The SMILES string of the molecule is CC([CH-]O)=C1CCC1.O=[P+](O)O.O=[P+](O)O.[Na+].[Na+]. The second-order valence-corrected chi connectivity index (χ2v) is 3.79. The van der Waals surface area contributed by atoms with E-state index in [1.165, 1.54) is 31.4 Å². The summed E-state index contributed by atoms with van der Waals surface area (Å²) >= 11 is 0. The van der Waals surface area contributed by atoms with Gasteiger partial charge in [-0.15, -0.1) is 26.2 Å². The molecule has 7 nitrogen and oxygen atoms in total. The van der Waals surface area contributed by atoms with Crippen LogP contribution in [-0.4, -0.2) is 24.7 Å². The van der Waals surface area contributed by atoms with Gasteiger partial charge < -0.3 is 5.11 Å². The summed E-state index contributed by atoms with van der Waals surface area (Å²) in [4.78, 5) is 28.5. The Morgan fingerprint density at radius 2 is 1.33 bits per heavy atom. The molecule has 0 spiro atoms. The first-order valence-electron chi connectivity index (χ1n) is 4.17. The second-order valence-electron chi connectivity index (χ2n) is 2.77. The van der Waals surface area contributed by atoms with Gasteiger partial charge in [0.15, 0.2) is 0 Å². The molecule has 0 amide bonds. The second kappa shape index (κ2) is 18.6. The van der Waals surface area contributed by atoms with Gasteiger partial charge in [0.05, 0.1) is 0 Å². The van der Waals surface area contributed by atoms with E-state index < -0.39 is 16.5 Å². The largest absolute Gasteiger partial charge is 1.00 e. The van der Waals surface area contributed by atoms with Crippen LogP contribution >= 0.6 is 16.5 Å². The zero-order valence-electron chi connectivity index (χ0n) is 10.6. The van der Waals surface area contributed by atoms with Crippen LogP contribution in [-0.2, 0) is 9.13 Å². The average Bonchev–Trinajstić information content (AvgIpc) is 1.98. The van der Waals surface area contributed by atoms with Crippen molar-refractivity contribution in [3.63, 3.8) is 0 Å². The van der Waals surface area contributed by atoms with Crippen LogP contribution in [0.3, 0.4) is 0 Å². The van der Waals surface area contributed by atoms with Gasteiger partial charge in [-0.1, -0.05) is 26.2 Å². The van der Waals surface area contributed by atoms with E-state index in [-0.39, 0.29) is 59.1 Å². The van der Waals surface area contributed by atoms with Crippen LogP contribution in [0.4, 0.5) is 0 Å². The number of allylic oxidation sites excluding steroid dienone is 1. The molecular formula is C7H15Na2O7P2+3. The van der Waals surface area contributed by atoms with Crippen LogP contribution in [0.25, 0.3) is 0 Å². The van der Waals surface area contributed by atoms with Crippen molar-refractivity contribution in [3.8, 4) is 0 Å². The van der Waals surface area contributed by atoms with E-state index in [1.54, 1.807) is 0 Å². The summed E-state index contributed by atoms with van der Waals surface area (Å²) in [5.41, 5.74) is 2.49. The first-order valence-corrected chi connectivity index (χ1v) is 6.50. The molecule has 1 rings (SSSR count). The van der Waals surface area contributed by atoms with Gasteiger partial charge in [0.2, 0.25) is 0 Å². The van der Waals surface area contributed by atoms with E-state index >= 15 is 0 Å². The summed E-state index contributed by atoms with van der Waals surface area (Å²) in [7, 11) is -5.74. The molecule has 0 aromatic carbocycles. The molecule has 1 aliphatic carbocycles. The molecule has 18 heavy (non-hydrogen) atoms. The van der Waals surface area contributed by atoms with Crippen molar-refractivity contribution in [3.05, 3.63) is 17.8 Å². The molecule has 0 radical (unpaired) electrons. The van der Waals surface area contributed by atoms with E-state index in [1.807, 2.05) is 6.92 Å². The first-order chi connectivity index (χ1) is 7.31. The van der Waals surface area contributed by atoms with Crippen molar-refractivity contribution in [1.29, 1.82) is 0 Å². The Labute approximate surface area is 152 Å². The maximum absolute atomic E-state index is 8.70. The van der Waals surface area contributed by atoms with Crippen LogP contribution < -0.4 is 59.1 Å². The Hall–Kier alpha value is 1.61. The summed E-state index contributed by atoms with van der Waals surface area (Å²) in [5.74, 6) is 0. The van der Waals surface area contributed by atoms with Crippen LogP contribution in [0, 0.1) is 6.61 Å². The van der Waals surface area contributed by atoms with Crippen LogP contribution in [0.15, 0.2) is 11.1 Å². The Bertz CT molecular complexity index is 241. The maximum Gasteiger partial charge on any atom is 1.00 e. The third-order valence-corrected chi connectivity index (χ3v) is 1.71. The fourth-order valence-corrected chi connectivity index (χ4v) is 0.839. The van der Waals surface area contributed by atoms with Crippen molar-refractivity contribution in [2.24, 2.45) is 0 Å². The van der Waals surface area contributed by atoms with E-state index in [0.717, 1.165) is 5.57 Å². The van der Waals surface area contributed by atoms with Crippen LogP contribution in [0.5, 0.6) is 0 Å². The van der Waals surface area contributed by atoms with Crippen LogP contribution in [0.2, 0.25) is 0 Å². The van der Waals surface area contributed by atoms with Gasteiger partial charge in [0.1, 0.15) is 0 Å². The molecule has 94 valence electrons. The standard InChI is InChI=1S/C7H11O.2Na.2HO3P/c1-6(5-8)7-3-2-4-7;;;2*1-4(2)3/h5,8H,2-4H2,1H3;;;2*(H-,1,2,3)/q-1;2*+1;;/p+2. The van der Waals surface area contributed by atoms with Crippen molar-refractivity contribution < 1.29 is 92.9 Å². The van der Waals surface area contributed by atoms with Crippen molar-refractivity contribution in [2.45, 2.75) is 26.2 Å². The molecule has 0 saturated heterocycles. The third kappa shape index (κ3) is 26.2. The van der Waals surface area contributed by atoms with E-state index in [0.29, 0.717) is 0 Å². The molecule has 1 saturated carbocycles. The number of hydrogen-bond donors (Lipinski definition) is 5. The predicted octanol–water partition coefficient (Wildman–Crippen LogP) is -4.71. The summed E-state index contributed by atoms with van der Waals surface area (Å²) in [6, 6.07) is 0. The molecule has 5 N–H and O–H groups in total. The van der Waals surface area contributed by atoms with Crippen molar-refractivity contribution >= 4 is 16.5 Å². The number of hydrogen-bond acceptors (Lipinski definition) is 3. The van der Waals surface area contributed by atoms with E-state index in [9.17, 15) is 0 Å². The molecule has 0 atom stereocenters. The summed E-state index contributed by atoms with van der Waals surface area (Å²) < 4.78 is 17.4. The fraction of sp³-hybridized carbons (Fsp3) is 0.571. The van der Waals surface area contributed by atoms with Crippen LogP contribution in [0.1, 0.15) is 26.2 Å². The molecule has 0 aliphatic heterocycles. The minimum absolute atomic E-state index is 0. The smallest absolute Gasteiger partial charge is 0.457 e. The Morgan fingerprint density at radius 1 is 1.06 bits per heavy atom. The normalized spacial score (nSPS) is 10.7. The summed E-state index contributed by atoms with van der Waals surface area (Å²) in [6.45, 7) is 3.16. The third-order valence-electron chi connectivity index (χ3n) is 1.71. The van der Waals surface area contributed by atoms with Crippen molar-refractivity contribution in [1.82, 2.24) is 0 Å². The van der Waals surface area contributed by atoms with Gasteiger partial charge in [0.25, 0.3) is 0 Å². The molecule has 0 heterocycles. The minimum Gasteiger partial charge on any atom is -0.457 e. The van der Waals surface area contributed by atoms with Gasteiger partial charge in [0, 0.05) is 9.13 Å². The van der Waals surface area contributed by atoms with Gasteiger partial charge in [-0.25, -0.2) is 5.57 Å². The molecule has 0 aromatic rings. The Kier molecular flexibility index (Phi) is 28.8. The van der Waals surface area contributed by atoms with E-state index in [2.05, 4.69) is 0 Å². The topological polar surface area (TPSA) is 135 Å². The number of rotatable bonds is 1. The van der Waals surface area contributed by atoms with Gasteiger partial charge in [-0.3, -0.25) is 0 Å². The summed E-state index contributed by atoms with van der Waals surface area (Å²) in [6.07, 6.45) is 3.70. The molecular weight excluding hydrogens is 304 g/mol. The molecule has 1 fully saturated rings. The van der Waals surface area contributed by atoms with E-state index in [4.69, 9.17) is 33.8 Å². The molecule has 0 aromatic heterocycles. The minimum atomic E-state index is -2.87. The molecule has 1 aliphatic rings. The molecule has 0 unspecified atom stereocenters. The number of aliphatic hydroxyl groups excluding tert-OH is 1. The first kappa shape index (κ1) is 27.9. The van der Waals surface area contributed by atoms with Gasteiger partial charge in [-0.2, -0.15) is 5.57 Å². The zero-order valence-corrected chi connectivity index (χ0v) is 16.4. The quantitative estimate of drug-likeness (QED) is 0.186. The monoisotopic (exact) mass is 319 g/mol. The predicted molar refractivity (Wildman–Crippen MR) is 56.9 cm³/mol. The summed E-state index contributed by atoms with van der Waals surface area (Å²) in [5, 5.41) is 8.49. The molecule has 11 heteroatoms. The number of aliphatic hydroxyl groups is 1. The van der Waals surface area contributed by atoms with Gasteiger partial charge in [-0.05, 0) is 0 Å². The maximum atomic E-state index is 8.70. The fourth-order valence-electron chi connectivity index (χ4n) is 0.839. The Morgan fingerprint density at radius 3 is 1.39 bits per heavy atom.